The van der Waals surface area contributed by atoms with E-state index in [0.29, 0.717) is 6.54 Å². The third kappa shape index (κ3) is 3.60. The first-order valence-corrected chi connectivity index (χ1v) is 7.24. The molecule has 4 nitrogen and oxygen atoms in total. The van der Waals surface area contributed by atoms with Gasteiger partial charge in [0.05, 0.1) is 0 Å². The topological polar surface area (TPSA) is 46.6 Å². The normalized spacial score (nSPS) is 27.0. The molecular weight excluding hydrogens is 254 g/mol. The van der Waals surface area contributed by atoms with Crippen molar-refractivity contribution in [3.63, 3.8) is 0 Å². The number of esters is 1. The zero-order chi connectivity index (χ0) is 15.9. The molecule has 1 atom stereocenters. The smallest absolute Gasteiger partial charge is 0.303 e. The second-order valence-electron chi connectivity index (χ2n) is 8.25. The third-order valence-electron chi connectivity index (χ3n) is 4.03. The first-order valence-electron chi connectivity index (χ1n) is 7.24. The van der Waals surface area contributed by atoms with Gasteiger partial charge in [0, 0.05) is 36.4 Å². The van der Waals surface area contributed by atoms with Crippen LogP contribution in [0.3, 0.4) is 0 Å². The van der Waals surface area contributed by atoms with Crippen molar-refractivity contribution in [1.82, 2.24) is 4.90 Å². The second-order valence-corrected chi connectivity index (χ2v) is 8.25. The van der Waals surface area contributed by atoms with Gasteiger partial charge in [-0.25, -0.2) is 0 Å². The highest BCUT2D eigenvalue weighted by Gasteiger charge is 2.50. The van der Waals surface area contributed by atoms with Gasteiger partial charge in [-0.05, 0) is 20.8 Å². The lowest BCUT2D eigenvalue weighted by Crippen LogP contribution is -2.49. The van der Waals surface area contributed by atoms with Crippen LogP contribution in [-0.4, -0.2) is 41.4 Å². The standard InChI is InChI=1S/C16H29NO3/c1-11(18)20-13-12(19)15(5,6)9-17(14(2,3)4)10-16(13,7)8/h13H,9-10H2,1-8H3. The van der Waals surface area contributed by atoms with Crippen LogP contribution in [0.25, 0.3) is 0 Å². The first-order chi connectivity index (χ1) is 8.77. The molecule has 20 heavy (non-hydrogen) atoms. The van der Waals surface area contributed by atoms with E-state index < -0.39 is 22.9 Å². The molecule has 0 spiro atoms. The molecule has 0 N–H and O–H groups in total. The Labute approximate surface area is 122 Å². The van der Waals surface area contributed by atoms with E-state index in [0.717, 1.165) is 6.54 Å². The van der Waals surface area contributed by atoms with Gasteiger partial charge in [0.2, 0.25) is 0 Å². The number of carbonyl (C=O) groups excluding carboxylic acids is 2. The van der Waals surface area contributed by atoms with Crippen molar-refractivity contribution in [3.8, 4) is 0 Å². The molecule has 116 valence electrons. The number of hydrogen-bond acceptors (Lipinski definition) is 4. The number of nitrogens with zero attached hydrogens (tertiary/aromatic N) is 1. The summed E-state index contributed by atoms with van der Waals surface area (Å²) in [6.45, 7) is 17.1. The lowest BCUT2D eigenvalue weighted by atomic mass is 9.77. The summed E-state index contributed by atoms with van der Waals surface area (Å²) in [5.41, 5.74) is -0.953. The lowest BCUT2D eigenvalue weighted by molar-refractivity contribution is -0.162. The van der Waals surface area contributed by atoms with Gasteiger partial charge in [-0.2, -0.15) is 0 Å². The number of Topliss-reactive ketones (excluding diaryl/α,β-unsaturated/α-hetero) is 1. The molecule has 1 unspecified atom stereocenters. The summed E-state index contributed by atoms with van der Waals surface area (Å²) in [6, 6.07) is 0. The van der Waals surface area contributed by atoms with Crippen LogP contribution in [0.1, 0.15) is 55.4 Å². The summed E-state index contributed by atoms with van der Waals surface area (Å²) in [6.07, 6.45) is -0.678. The Morgan fingerprint density at radius 3 is 2.10 bits per heavy atom. The molecule has 0 saturated carbocycles. The fourth-order valence-corrected chi connectivity index (χ4v) is 2.75. The van der Waals surface area contributed by atoms with E-state index in [2.05, 4.69) is 25.7 Å². The summed E-state index contributed by atoms with van der Waals surface area (Å²) in [5.74, 6) is -0.374. The molecule has 1 rings (SSSR count). The molecule has 0 bridgehead atoms. The lowest BCUT2D eigenvalue weighted by Gasteiger charge is -2.41. The predicted molar refractivity (Wildman–Crippen MR) is 79.4 cm³/mol. The summed E-state index contributed by atoms with van der Waals surface area (Å²) >= 11 is 0. The van der Waals surface area contributed by atoms with Crippen molar-refractivity contribution < 1.29 is 14.3 Å². The van der Waals surface area contributed by atoms with Crippen molar-refractivity contribution in [2.24, 2.45) is 10.8 Å². The average Bonchev–Trinajstić information content (AvgIpc) is 2.26. The highest BCUT2D eigenvalue weighted by molar-refractivity contribution is 5.91. The van der Waals surface area contributed by atoms with Crippen LogP contribution in [0, 0.1) is 10.8 Å². The average molecular weight is 283 g/mol. The molecule has 0 aromatic heterocycles. The van der Waals surface area contributed by atoms with Crippen molar-refractivity contribution in [2.45, 2.75) is 67.0 Å². The maximum absolute atomic E-state index is 12.8. The molecule has 0 amide bonds. The second kappa shape index (κ2) is 5.14. The molecule has 1 aliphatic rings. The number of carbonyl (C=O) groups is 2. The van der Waals surface area contributed by atoms with Crippen LogP contribution in [0.5, 0.6) is 0 Å². The Hall–Kier alpha value is -0.900. The molecule has 1 heterocycles. The molecule has 1 saturated heterocycles. The molecular formula is C16H29NO3. The van der Waals surface area contributed by atoms with E-state index in [1.54, 1.807) is 0 Å². The van der Waals surface area contributed by atoms with Gasteiger partial charge >= 0.3 is 5.97 Å². The van der Waals surface area contributed by atoms with Crippen LogP contribution in [0.2, 0.25) is 0 Å². The number of likely N-dealkylation sites (tertiary alicyclic amines) is 1. The minimum atomic E-state index is -0.678. The number of ether oxygens (including phenoxy) is 1. The van der Waals surface area contributed by atoms with Gasteiger partial charge in [0.25, 0.3) is 0 Å². The molecule has 0 aromatic carbocycles. The SMILES string of the molecule is CC(=O)OC1C(=O)C(C)(C)CN(C(C)(C)C)CC1(C)C. The molecule has 1 aliphatic heterocycles. The van der Waals surface area contributed by atoms with Gasteiger partial charge in [-0.3, -0.25) is 14.5 Å². The van der Waals surface area contributed by atoms with Crippen molar-refractivity contribution in [1.29, 1.82) is 0 Å². The Morgan fingerprint density at radius 2 is 1.70 bits per heavy atom. The maximum Gasteiger partial charge on any atom is 0.303 e. The van der Waals surface area contributed by atoms with E-state index in [1.807, 2.05) is 27.7 Å². The fraction of sp³-hybridized carbons (Fsp3) is 0.875. The van der Waals surface area contributed by atoms with E-state index >= 15 is 0 Å². The molecule has 0 aliphatic carbocycles. The van der Waals surface area contributed by atoms with E-state index in [9.17, 15) is 9.59 Å². The zero-order valence-corrected chi connectivity index (χ0v) is 14.2. The van der Waals surface area contributed by atoms with Crippen LogP contribution in [-0.2, 0) is 14.3 Å². The summed E-state index contributed by atoms with van der Waals surface area (Å²) in [4.78, 5) is 26.5. The van der Waals surface area contributed by atoms with Gasteiger partial charge in [-0.15, -0.1) is 0 Å². The Balaban J connectivity index is 3.23. The minimum absolute atomic E-state index is 0.0180. The highest BCUT2D eigenvalue weighted by Crippen LogP contribution is 2.38. The van der Waals surface area contributed by atoms with Crippen LogP contribution in [0.15, 0.2) is 0 Å². The summed E-state index contributed by atoms with van der Waals surface area (Å²) < 4.78 is 5.38. The van der Waals surface area contributed by atoms with Crippen molar-refractivity contribution in [2.75, 3.05) is 13.1 Å². The molecule has 4 heteroatoms. The third-order valence-corrected chi connectivity index (χ3v) is 4.03. The van der Waals surface area contributed by atoms with Crippen LogP contribution >= 0.6 is 0 Å². The Morgan fingerprint density at radius 1 is 1.20 bits per heavy atom. The minimum Gasteiger partial charge on any atom is -0.454 e. The molecule has 1 fully saturated rings. The van der Waals surface area contributed by atoms with E-state index in [4.69, 9.17) is 4.74 Å². The van der Waals surface area contributed by atoms with Gasteiger partial charge in [0.15, 0.2) is 11.9 Å². The Kier molecular flexibility index (Phi) is 4.41. The number of ketones is 1. The van der Waals surface area contributed by atoms with Gasteiger partial charge in [0.1, 0.15) is 0 Å². The monoisotopic (exact) mass is 283 g/mol. The molecule has 0 aromatic rings. The van der Waals surface area contributed by atoms with Gasteiger partial charge in [-0.1, -0.05) is 27.7 Å². The first kappa shape index (κ1) is 17.2. The zero-order valence-electron chi connectivity index (χ0n) is 14.2. The number of hydrogen-bond donors (Lipinski definition) is 0. The quantitative estimate of drug-likeness (QED) is 0.694. The maximum atomic E-state index is 12.8. The summed E-state index contributed by atoms with van der Waals surface area (Å²) in [5, 5.41) is 0. The Bertz CT molecular complexity index is 404. The highest BCUT2D eigenvalue weighted by atomic mass is 16.5. The van der Waals surface area contributed by atoms with Crippen LogP contribution in [0.4, 0.5) is 0 Å². The van der Waals surface area contributed by atoms with Crippen molar-refractivity contribution >= 4 is 11.8 Å². The molecule has 0 radical (unpaired) electrons. The fourth-order valence-electron chi connectivity index (χ4n) is 2.75. The predicted octanol–water partition coefficient (Wildman–Crippen LogP) is 2.65. The largest absolute Gasteiger partial charge is 0.454 e. The van der Waals surface area contributed by atoms with Crippen molar-refractivity contribution in [3.05, 3.63) is 0 Å². The summed E-state index contributed by atoms with van der Waals surface area (Å²) in [7, 11) is 0. The van der Waals surface area contributed by atoms with E-state index in [1.165, 1.54) is 6.92 Å². The van der Waals surface area contributed by atoms with E-state index in [-0.39, 0.29) is 11.3 Å². The van der Waals surface area contributed by atoms with Crippen LogP contribution < -0.4 is 0 Å². The number of rotatable bonds is 1. The van der Waals surface area contributed by atoms with Gasteiger partial charge < -0.3 is 4.74 Å².